The molecular formula is C10H12N6O. The van der Waals surface area contributed by atoms with Gasteiger partial charge in [0.25, 0.3) is 5.91 Å². The summed E-state index contributed by atoms with van der Waals surface area (Å²) < 4.78 is 0. The second-order valence-electron chi connectivity index (χ2n) is 3.37. The number of carbonyl (C=O) groups is 1. The van der Waals surface area contributed by atoms with Gasteiger partial charge in [0, 0.05) is 19.2 Å². The van der Waals surface area contributed by atoms with E-state index in [4.69, 9.17) is 5.73 Å². The van der Waals surface area contributed by atoms with E-state index in [2.05, 4.69) is 25.5 Å². The highest BCUT2D eigenvalue weighted by Crippen LogP contribution is 2.09. The Morgan fingerprint density at radius 3 is 3.06 bits per heavy atom. The monoisotopic (exact) mass is 232 g/mol. The average Bonchev–Trinajstić information content (AvgIpc) is 2.82. The minimum Gasteiger partial charge on any atom is -0.369 e. The van der Waals surface area contributed by atoms with Crippen LogP contribution in [0, 0.1) is 0 Å². The molecule has 7 nitrogen and oxygen atoms in total. The molecule has 2 aromatic rings. The molecule has 0 bridgehead atoms. The molecule has 0 aliphatic carbocycles. The van der Waals surface area contributed by atoms with Crippen LogP contribution in [0.3, 0.4) is 0 Å². The molecule has 4 N–H and O–H groups in total. The van der Waals surface area contributed by atoms with Crippen LogP contribution in [-0.4, -0.2) is 32.6 Å². The van der Waals surface area contributed by atoms with Crippen molar-refractivity contribution in [1.82, 2.24) is 20.2 Å². The molecule has 0 fully saturated rings. The van der Waals surface area contributed by atoms with E-state index in [1.54, 1.807) is 18.3 Å². The summed E-state index contributed by atoms with van der Waals surface area (Å²) in [7, 11) is 0. The molecule has 17 heavy (non-hydrogen) atoms. The van der Waals surface area contributed by atoms with Crippen molar-refractivity contribution in [2.45, 2.75) is 6.42 Å². The van der Waals surface area contributed by atoms with E-state index in [1.165, 1.54) is 6.33 Å². The molecule has 0 saturated heterocycles. The lowest BCUT2D eigenvalue weighted by Gasteiger charge is -2.07. The van der Waals surface area contributed by atoms with Crippen LogP contribution in [0.15, 0.2) is 24.7 Å². The molecule has 1 amide bonds. The number of aromatic amines is 1. The zero-order valence-electron chi connectivity index (χ0n) is 9.05. The summed E-state index contributed by atoms with van der Waals surface area (Å²) in [5.41, 5.74) is 5.61. The maximum Gasteiger partial charge on any atom is 0.252 e. The summed E-state index contributed by atoms with van der Waals surface area (Å²) in [6.07, 6.45) is 3.71. The molecule has 2 rings (SSSR count). The smallest absolute Gasteiger partial charge is 0.252 e. The first-order valence-corrected chi connectivity index (χ1v) is 5.10. The van der Waals surface area contributed by atoms with Gasteiger partial charge in [-0.1, -0.05) is 0 Å². The summed E-state index contributed by atoms with van der Waals surface area (Å²) >= 11 is 0. The average molecular weight is 232 g/mol. The quantitative estimate of drug-likeness (QED) is 0.669. The van der Waals surface area contributed by atoms with Crippen molar-refractivity contribution in [3.8, 4) is 0 Å². The van der Waals surface area contributed by atoms with Gasteiger partial charge in [-0.25, -0.2) is 9.97 Å². The number of hydrogen-bond donors (Lipinski definition) is 3. The molecule has 2 aromatic heterocycles. The van der Waals surface area contributed by atoms with Gasteiger partial charge in [-0.05, 0) is 12.1 Å². The second-order valence-corrected chi connectivity index (χ2v) is 3.37. The Morgan fingerprint density at radius 2 is 2.35 bits per heavy atom. The highest BCUT2D eigenvalue weighted by atomic mass is 16.1. The Morgan fingerprint density at radius 1 is 1.47 bits per heavy atom. The third-order valence-corrected chi connectivity index (χ3v) is 2.19. The van der Waals surface area contributed by atoms with Gasteiger partial charge in [0.05, 0.1) is 5.56 Å². The fourth-order valence-electron chi connectivity index (χ4n) is 1.40. The number of rotatable bonds is 5. The minimum absolute atomic E-state index is 0.380. The second kappa shape index (κ2) is 5.06. The zero-order chi connectivity index (χ0) is 12.1. The van der Waals surface area contributed by atoms with Gasteiger partial charge in [-0.3, -0.25) is 9.89 Å². The predicted octanol–water partition coefficient (Wildman–Crippen LogP) is -0.0468. The first-order valence-electron chi connectivity index (χ1n) is 5.10. The maximum atomic E-state index is 11.1. The molecule has 0 aromatic carbocycles. The fourth-order valence-corrected chi connectivity index (χ4v) is 1.40. The number of nitrogens with zero attached hydrogens (tertiary/aromatic N) is 3. The van der Waals surface area contributed by atoms with Crippen molar-refractivity contribution < 1.29 is 4.79 Å². The van der Waals surface area contributed by atoms with Crippen LogP contribution in [0.2, 0.25) is 0 Å². The number of nitrogens with one attached hydrogen (secondary N) is 2. The predicted molar refractivity (Wildman–Crippen MR) is 61.3 cm³/mol. The summed E-state index contributed by atoms with van der Waals surface area (Å²) in [5, 5.41) is 9.52. The molecule has 0 aliphatic rings. The minimum atomic E-state index is -0.500. The van der Waals surface area contributed by atoms with Crippen molar-refractivity contribution >= 4 is 11.7 Å². The van der Waals surface area contributed by atoms with E-state index in [0.717, 1.165) is 5.82 Å². The van der Waals surface area contributed by atoms with Crippen molar-refractivity contribution in [2.75, 3.05) is 11.9 Å². The lowest BCUT2D eigenvalue weighted by molar-refractivity contribution is 0.100. The van der Waals surface area contributed by atoms with E-state index in [1.807, 2.05) is 0 Å². The van der Waals surface area contributed by atoms with Crippen LogP contribution >= 0.6 is 0 Å². The van der Waals surface area contributed by atoms with Crippen LogP contribution in [0.25, 0.3) is 0 Å². The number of anilines is 1. The Balaban J connectivity index is 1.97. The summed E-state index contributed by atoms with van der Waals surface area (Å²) in [5.74, 6) is 0.758. The van der Waals surface area contributed by atoms with Gasteiger partial charge in [-0.15, -0.1) is 0 Å². The first-order chi connectivity index (χ1) is 8.27. The summed E-state index contributed by atoms with van der Waals surface area (Å²) in [6.45, 7) is 0.590. The normalized spacial score (nSPS) is 10.1. The van der Waals surface area contributed by atoms with Crippen LogP contribution < -0.4 is 11.1 Å². The van der Waals surface area contributed by atoms with E-state index in [-0.39, 0.29) is 0 Å². The van der Waals surface area contributed by atoms with Gasteiger partial charge in [0.2, 0.25) is 0 Å². The van der Waals surface area contributed by atoms with Crippen LogP contribution in [0.4, 0.5) is 5.82 Å². The van der Waals surface area contributed by atoms with Gasteiger partial charge in [0.1, 0.15) is 18.0 Å². The molecule has 2 heterocycles. The van der Waals surface area contributed by atoms with Crippen molar-refractivity contribution in [3.63, 3.8) is 0 Å². The van der Waals surface area contributed by atoms with Crippen molar-refractivity contribution in [3.05, 3.63) is 36.0 Å². The maximum absolute atomic E-state index is 11.1. The van der Waals surface area contributed by atoms with Gasteiger partial charge in [-0.2, -0.15) is 5.10 Å². The van der Waals surface area contributed by atoms with Gasteiger partial charge in [0.15, 0.2) is 0 Å². The van der Waals surface area contributed by atoms with Gasteiger partial charge >= 0.3 is 0 Å². The number of amides is 1. The van der Waals surface area contributed by atoms with Crippen molar-refractivity contribution in [2.24, 2.45) is 5.73 Å². The zero-order valence-corrected chi connectivity index (χ0v) is 9.05. The third-order valence-electron chi connectivity index (χ3n) is 2.19. The molecule has 88 valence electrons. The van der Waals surface area contributed by atoms with E-state index >= 15 is 0 Å². The SMILES string of the molecule is NC(=O)c1cccnc1NCCc1ncn[nH]1. The van der Waals surface area contributed by atoms with Crippen LogP contribution in [-0.2, 0) is 6.42 Å². The number of pyridine rings is 1. The molecule has 0 radical (unpaired) electrons. The fraction of sp³-hybridized carbons (Fsp3) is 0.200. The highest BCUT2D eigenvalue weighted by Gasteiger charge is 2.07. The van der Waals surface area contributed by atoms with Crippen LogP contribution in [0.1, 0.15) is 16.2 Å². The molecule has 0 atom stereocenters. The van der Waals surface area contributed by atoms with E-state index < -0.39 is 5.91 Å². The first kappa shape index (κ1) is 11.1. The Hall–Kier alpha value is -2.44. The topological polar surface area (TPSA) is 110 Å². The number of carbonyl (C=O) groups excluding carboxylic acids is 1. The molecule has 0 spiro atoms. The lowest BCUT2D eigenvalue weighted by Crippen LogP contribution is -2.16. The number of hydrogen-bond acceptors (Lipinski definition) is 5. The Labute approximate surface area is 97.5 Å². The van der Waals surface area contributed by atoms with E-state index in [0.29, 0.717) is 24.3 Å². The number of aromatic nitrogens is 4. The van der Waals surface area contributed by atoms with E-state index in [9.17, 15) is 4.79 Å². The number of primary amides is 1. The molecule has 7 heteroatoms. The Bertz CT molecular complexity index is 495. The molecule has 0 unspecified atom stereocenters. The molecule has 0 aliphatic heterocycles. The van der Waals surface area contributed by atoms with Gasteiger partial charge < -0.3 is 11.1 Å². The molecule has 0 saturated carbocycles. The summed E-state index contributed by atoms with van der Waals surface area (Å²) in [4.78, 5) is 19.2. The Kier molecular flexibility index (Phi) is 3.29. The molecular weight excluding hydrogens is 220 g/mol. The number of H-pyrrole nitrogens is 1. The van der Waals surface area contributed by atoms with Crippen LogP contribution in [0.5, 0.6) is 0 Å². The lowest BCUT2D eigenvalue weighted by atomic mass is 10.2. The standard InChI is InChI=1S/C10H12N6O/c11-9(17)7-2-1-4-12-10(7)13-5-3-8-14-6-15-16-8/h1-2,4,6H,3,5H2,(H2,11,17)(H,12,13)(H,14,15,16). The highest BCUT2D eigenvalue weighted by molar-refractivity contribution is 5.97. The third kappa shape index (κ3) is 2.77. The largest absolute Gasteiger partial charge is 0.369 e. The number of nitrogens with two attached hydrogens (primary N) is 1. The summed E-state index contributed by atoms with van der Waals surface area (Å²) in [6, 6.07) is 3.30. The van der Waals surface area contributed by atoms with Crippen molar-refractivity contribution in [1.29, 1.82) is 0 Å².